The zero-order valence-corrected chi connectivity index (χ0v) is 11.6. The SMILES string of the molecule is Cc1cc(CN2c3ccccc3CC2C)oc1C(=O)O. The van der Waals surface area contributed by atoms with Crippen LogP contribution in [0.3, 0.4) is 0 Å². The number of anilines is 1. The monoisotopic (exact) mass is 271 g/mol. The third kappa shape index (κ3) is 2.07. The van der Waals surface area contributed by atoms with Crippen LogP contribution in [0.2, 0.25) is 0 Å². The molecule has 0 aliphatic carbocycles. The van der Waals surface area contributed by atoms with Crippen molar-refractivity contribution in [3.05, 3.63) is 53.0 Å². The van der Waals surface area contributed by atoms with Gasteiger partial charge in [0.2, 0.25) is 5.76 Å². The van der Waals surface area contributed by atoms with Gasteiger partial charge in [0.25, 0.3) is 0 Å². The highest BCUT2D eigenvalue weighted by Gasteiger charge is 2.27. The minimum absolute atomic E-state index is 0.0418. The van der Waals surface area contributed by atoms with E-state index in [1.54, 1.807) is 6.92 Å². The van der Waals surface area contributed by atoms with Crippen LogP contribution < -0.4 is 4.90 Å². The lowest BCUT2D eigenvalue weighted by molar-refractivity contribution is 0.0659. The number of furan rings is 1. The highest BCUT2D eigenvalue weighted by molar-refractivity contribution is 5.86. The van der Waals surface area contributed by atoms with Crippen LogP contribution in [0.15, 0.2) is 34.7 Å². The molecule has 1 aliphatic rings. The van der Waals surface area contributed by atoms with Crippen molar-refractivity contribution < 1.29 is 14.3 Å². The fourth-order valence-electron chi connectivity index (χ4n) is 2.88. The lowest BCUT2D eigenvalue weighted by Crippen LogP contribution is -2.28. The van der Waals surface area contributed by atoms with E-state index >= 15 is 0 Å². The van der Waals surface area contributed by atoms with E-state index < -0.39 is 5.97 Å². The number of aryl methyl sites for hydroxylation is 1. The number of rotatable bonds is 3. The van der Waals surface area contributed by atoms with Gasteiger partial charge in [-0.05, 0) is 38.0 Å². The fraction of sp³-hybridized carbons (Fsp3) is 0.312. The molecule has 0 fully saturated rings. The predicted molar refractivity (Wildman–Crippen MR) is 76.2 cm³/mol. The molecule has 0 bridgehead atoms. The van der Waals surface area contributed by atoms with Gasteiger partial charge >= 0.3 is 5.97 Å². The van der Waals surface area contributed by atoms with E-state index in [-0.39, 0.29) is 5.76 Å². The third-order valence-corrected chi connectivity index (χ3v) is 3.84. The Morgan fingerprint density at radius 1 is 1.45 bits per heavy atom. The summed E-state index contributed by atoms with van der Waals surface area (Å²) in [6, 6.07) is 10.5. The van der Waals surface area contributed by atoms with Gasteiger partial charge in [0.1, 0.15) is 5.76 Å². The predicted octanol–water partition coefficient (Wildman–Crippen LogP) is 3.24. The molecule has 2 heterocycles. The average molecular weight is 271 g/mol. The number of carbonyl (C=O) groups is 1. The summed E-state index contributed by atoms with van der Waals surface area (Å²) in [4.78, 5) is 13.3. The topological polar surface area (TPSA) is 53.7 Å². The second kappa shape index (κ2) is 4.71. The van der Waals surface area contributed by atoms with Crippen molar-refractivity contribution in [2.75, 3.05) is 4.90 Å². The Labute approximate surface area is 117 Å². The summed E-state index contributed by atoms with van der Waals surface area (Å²) in [7, 11) is 0. The van der Waals surface area contributed by atoms with Gasteiger partial charge in [0, 0.05) is 17.3 Å². The largest absolute Gasteiger partial charge is 0.475 e. The Balaban J connectivity index is 1.88. The van der Waals surface area contributed by atoms with Crippen molar-refractivity contribution >= 4 is 11.7 Å². The van der Waals surface area contributed by atoms with Gasteiger partial charge in [-0.3, -0.25) is 0 Å². The van der Waals surface area contributed by atoms with Gasteiger partial charge < -0.3 is 14.4 Å². The number of carboxylic acid groups (broad SMARTS) is 1. The summed E-state index contributed by atoms with van der Waals surface area (Å²) in [5.41, 5.74) is 3.22. The molecule has 0 amide bonds. The zero-order chi connectivity index (χ0) is 14.3. The summed E-state index contributed by atoms with van der Waals surface area (Å²) in [5, 5.41) is 9.04. The van der Waals surface area contributed by atoms with Gasteiger partial charge in [0.05, 0.1) is 6.54 Å². The van der Waals surface area contributed by atoms with E-state index in [2.05, 4.69) is 30.0 Å². The van der Waals surface area contributed by atoms with Gasteiger partial charge in [-0.15, -0.1) is 0 Å². The lowest BCUT2D eigenvalue weighted by atomic mass is 10.1. The molecule has 0 spiro atoms. The number of hydrogen-bond donors (Lipinski definition) is 1. The average Bonchev–Trinajstić information content (AvgIpc) is 2.92. The molecular weight excluding hydrogens is 254 g/mol. The molecule has 1 aliphatic heterocycles. The van der Waals surface area contributed by atoms with Gasteiger partial charge in [-0.25, -0.2) is 4.79 Å². The normalized spacial score (nSPS) is 17.3. The third-order valence-electron chi connectivity index (χ3n) is 3.84. The molecule has 0 saturated carbocycles. The number of carboxylic acids is 1. The number of nitrogens with zero attached hydrogens (tertiary/aromatic N) is 1. The van der Waals surface area contributed by atoms with E-state index in [0.717, 1.165) is 6.42 Å². The Morgan fingerprint density at radius 2 is 2.20 bits per heavy atom. The molecule has 1 aromatic carbocycles. The van der Waals surface area contributed by atoms with Crippen molar-refractivity contribution in [3.63, 3.8) is 0 Å². The van der Waals surface area contributed by atoms with Crippen LogP contribution in [0.4, 0.5) is 5.69 Å². The number of aromatic carboxylic acids is 1. The first kappa shape index (κ1) is 12.8. The standard InChI is InChI=1S/C16H17NO3/c1-10-7-13(20-15(10)16(18)19)9-17-11(2)8-12-5-3-4-6-14(12)17/h3-7,11H,8-9H2,1-2H3,(H,18,19). The van der Waals surface area contributed by atoms with Crippen molar-refractivity contribution in [1.82, 2.24) is 0 Å². The molecule has 1 unspecified atom stereocenters. The maximum absolute atomic E-state index is 11.0. The lowest BCUT2D eigenvalue weighted by Gasteiger charge is -2.23. The minimum atomic E-state index is -1.01. The van der Waals surface area contributed by atoms with Gasteiger partial charge in [-0.2, -0.15) is 0 Å². The Hall–Kier alpha value is -2.23. The highest BCUT2D eigenvalue weighted by atomic mass is 16.4. The Morgan fingerprint density at radius 3 is 2.90 bits per heavy atom. The summed E-state index contributed by atoms with van der Waals surface area (Å²) in [6.45, 7) is 4.54. The van der Waals surface area contributed by atoms with Crippen LogP contribution in [0.1, 0.15) is 34.4 Å². The first-order valence-electron chi connectivity index (χ1n) is 6.73. The van der Waals surface area contributed by atoms with E-state index in [1.807, 2.05) is 12.1 Å². The summed E-state index contributed by atoms with van der Waals surface area (Å²) >= 11 is 0. The van der Waals surface area contributed by atoms with Crippen LogP contribution >= 0.6 is 0 Å². The first-order valence-corrected chi connectivity index (χ1v) is 6.73. The van der Waals surface area contributed by atoms with Gasteiger partial charge in [-0.1, -0.05) is 18.2 Å². The van der Waals surface area contributed by atoms with Crippen LogP contribution in [0.5, 0.6) is 0 Å². The van der Waals surface area contributed by atoms with Crippen molar-refractivity contribution in [2.24, 2.45) is 0 Å². The summed E-state index contributed by atoms with van der Waals surface area (Å²) in [5.74, 6) is -0.271. The van der Waals surface area contributed by atoms with Crippen LogP contribution in [0, 0.1) is 6.92 Å². The maximum atomic E-state index is 11.0. The van der Waals surface area contributed by atoms with E-state index in [4.69, 9.17) is 9.52 Å². The first-order chi connectivity index (χ1) is 9.56. The summed E-state index contributed by atoms with van der Waals surface area (Å²) in [6.07, 6.45) is 1.02. The second-order valence-electron chi connectivity index (χ2n) is 5.34. The molecule has 20 heavy (non-hydrogen) atoms. The zero-order valence-electron chi connectivity index (χ0n) is 11.6. The Bertz CT molecular complexity index is 659. The molecule has 0 radical (unpaired) electrons. The molecule has 1 N–H and O–H groups in total. The molecule has 104 valence electrons. The highest BCUT2D eigenvalue weighted by Crippen LogP contribution is 2.33. The molecule has 0 saturated heterocycles. The maximum Gasteiger partial charge on any atom is 0.372 e. The molecular formula is C16H17NO3. The van der Waals surface area contributed by atoms with E-state index in [0.29, 0.717) is 23.9 Å². The van der Waals surface area contributed by atoms with E-state index in [9.17, 15) is 4.79 Å². The van der Waals surface area contributed by atoms with Crippen molar-refractivity contribution in [3.8, 4) is 0 Å². The van der Waals surface area contributed by atoms with Crippen molar-refractivity contribution in [1.29, 1.82) is 0 Å². The molecule has 4 heteroatoms. The molecule has 1 aromatic heterocycles. The van der Waals surface area contributed by atoms with Crippen LogP contribution in [-0.4, -0.2) is 17.1 Å². The molecule has 3 rings (SSSR count). The van der Waals surface area contributed by atoms with Crippen LogP contribution in [0.25, 0.3) is 0 Å². The number of benzene rings is 1. The summed E-state index contributed by atoms with van der Waals surface area (Å²) < 4.78 is 5.46. The number of hydrogen-bond acceptors (Lipinski definition) is 3. The van der Waals surface area contributed by atoms with E-state index in [1.165, 1.54) is 11.3 Å². The molecule has 4 nitrogen and oxygen atoms in total. The Kier molecular flexibility index (Phi) is 3.01. The number of para-hydroxylation sites is 1. The van der Waals surface area contributed by atoms with Crippen LogP contribution in [-0.2, 0) is 13.0 Å². The second-order valence-corrected chi connectivity index (χ2v) is 5.34. The molecule has 2 aromatic rings. The quantitative estimate of drug-likeness (QED) is 0.931. The molecule has 1 atom stereocenters. The van der Waals surface area contributed by atoms with Gasteiger partial charge in [0.15, 0.2) is 0 Å². The minimum Gasteiger partial charge on any atom is -0.475 e. The van der Waals surface area contributed by atoms with Crippen molar-refractivity contribution in [2.45, 2.75) is 32.9 Å². The smallest absolute Gasteiger partial charge is 0.372 e. The number of fused-ring (bicyclic) bond motifs is 1. The fourth-order valence-corrected chi connectivity index (χ4v) is 2.88.